The summed E-state index contributed by atoms with van der Waals surface area (Å²) >= 11 is 11.8. The van der Waals surface area contributed by atoms with Crippen LogP contribution in [0.4, 0.5) is 5.69 Å². The predicted molar refractivity (Wildman–Crippen MR) is 102 cm³/mol. The van der Waals surface area contributed by atoms with E-state index in [1.54, 1.807) is 18.2 Å². The maximum Gasteiger partial charge on any atom is 0.253 e. The molecule has 138 valence electrons. The Morgan fingerprint density at radius 1 is 1.04 bits per heavy atom. The van der Waals surface area contributed by atoms with Gasteiger partial charge >= 0.3 is 0 Å². The fraction of sp³-hybridized carbons (Fsp3) is 0.222. The van der Waals surface area contributed by atoms with E-state index in [2.05, 4.69) is 10.6 Å². The summed E-state index contributed by atoms with van der Waals surface area (Å²) in [4.78, 5) is 24.3. The summed E-state index contributed by atoms with van der Waals surface area (Å²) < 4.78 is 10.4. The van der Waals surface area contributed by atoms with E-state index in [0.29, 0.717) is 22.2 Å². The highest BCUT2D eigenvalue weighted by molar-refractivity contribution is 6.36. The lowest BCUT2D eigenvalue weighted by Crippen LogP contribution is -2.33. The Balaban J connectivity index is 2.02. The number of rotatable bonds is 6. The lowest BCUT2D eigenvalue weighted by Gasteiger charge is -2.14. The Bertz CT molecular complexity index is 840. The molecule has 8 heteroatoms. The van der Waals surface area contributed by atoms with Gasteiger partial charge in [0, 0.05) is 16.8 Å². The predicted octanol–water partition coefficient (Wildman–Crippen LogP) is 3.69. The molecule has 0 aliphatic carbocycles. The van der Waals surface area contributed by atoms with Crippen LogP contribution in [0.1, 0.15) is 15.9 Å². The van der Waals surface area contributed by atoms with Crippen molar-refractivity contribution >= 4 is 40.7 Å². The molecule has 0 radical (unpaired) electrons. The number of aryl methyl sites for hydroxylation is 1. The van der Waals surface area contributed by atoms with Crippen molar-refractivity contribution in [1.29, 1.82) is 0 Å². The first-order chi connectivity index (χ1) is 12.3. The molecule has 0 aliphatic heterocycles. The summed E-state index contributed by atoms with van der Waals surface area (Å²) in [6, 6.07) is 7.92. The number of halogens is 2. The molecule has 0 saturated carbocycles. The zero-order valence-electron chi connectivity index (χ0n) is 14.5. The second kappa shape index (κ2) is 8.78. The summed E-state index contributed by atoms with van der Waals surface area (Å²) in [6.07, 6.45) is 0. The van der Waals surface area contributed by atoms with Crippen LogP contribution in [-0.4, -0.2) is 32.6 Å². The van der Waals surface area contributed by atoms with Gasteiger partial charge in [-0.25, -0.2) is 0 Å². The third kappa shape index (κ3) is 4.80. The zero-order chi connectivity index (χ0) is 19.3. The molecule has 0 saturated heterocycles. The van der Waals surface area contributed by atoms with E-state index in [1.807, 2.05) is 6.92 Å². The molecule has 0 aromatic heterocycles. The van der Waals surface area contributed by atoms with Gasteiger partial charge in [-0.1, -0.05) is 23.2 Å². The van der Waals surface area contributed by atoms with Gasteiger partial charge in [-0.15, -0.1) is 0 Å². The SMILES string of the molecule is COc1cc(C)c(NC(=O)CNC(=O)c2ccc(Cl)cc2Cl)cc1OC. The van der Waals surface area contributed by atoms with Gasteiger partial charge in [-0.3, -0.25) is 9.59 Å². The van der Waals surface area contributed by atoms with Crippen LogP contribution in [0.2, 0.25) is 10.0 Å². The van der Waals surface area contributed by atoms with Gasteiger partial charge in [-0.2, -0.15) is 0 Å². The molecule has 2 N–H and O–H groups in total. The molecule has 0 unspecified atom stereocenters. The number of nitrogens with one attached hydrogen (secondary N) is 2. The lowest BCUT2D eigenvalue weighted by atomic mass is 10.1. The van der Waals surface area contributed by atoms with Gasteiger partial charge in [0.2, 0.25) is 5.91 Å². The fourth-order valence-corrected chi connectivity index (χ4v) is 2.73. The number of carbonyl (C=O) groups is 2. The molecule has 2 amide bonds. The standard InChI is InChI=1S/C18H18Cl2N2O4/c1-10-6-15(25-2)16(26-3)8-14(10)22-17(23)9-21-18(24)12-5-4-11(19)7-13(12)20/h4-8H,9H2,1-3H3,(H,21,24)(H,22,23). The third-order valence-corrected chi connectivity index (χ3v) is 4.14. The van der Waals surface area contributed by atoms with Gasteiger partial charge in [-0.05, 0) is 36.8 Å². The number of ether oxygens (including phenoxy) is 2. The molecule has 0 atom stereocenters. The maximum absolute atomic E-state index is 12.1. The monoisotopic (exact) mass is 396 g/mol. The summed E-state index contributed by atoms with van der Waals surface area (Å²) in [6.45, 7) is 1.61. The summed E-state index contributed by atoms with van der Waals surface area (Å²) in [5, 5.41) is 5.88. The van der Waals surface area contributed by atoms with Crippen LogP contribution < -0.4 is 20.1 Å². The average Bonchev–Trinajstić information content (AvgIpc) is 2.61. The van der Waals surface area contributed by atoms with Crippen LogP contribution in [-0.2, 0) is 4.79 Å². The molecule has 2 aromatic rings. The van der Waals surface area contributed by atoms with Crippen molar-refractivity contribution in [3.05, 3.63) is 51.5 Å². The van der Waals surface area contributed by atoms with Gasteiger partial charge in [0.15, 0.2) is 11.5 Å². The van der Waals surface area contributed by atoms with Gasteiger partial charge in [0.25, 0.3) is 5.91 Å². The van der Waals surface area contributed by atoms with Gasteiger partial charge < -0.3 is 20.1 Å². The van der Waals surface area contributed by atoms with E-state index in [1.165, 1.54) is 26.4 Å². The Morgan fingerprint density at radius 3 is 2.31 bits per heavy atom. The third-order valence-electron chi connectivity index (χ3n) is 3.59. The second-order valence-electron chi connectivity index (χ2n) is 5.38. The van der Waals surface area contributed by atoms with Crippen molar-refractivity contribution in [2.45, 2.75) is 6.92 Å². The molecule has 0 spiro atoms. The number of carbonyl (C=O) groups excluding carboxylic acids is 2. The largest absolute Gasteiger partial charge is 0.493 e. The van der Waals surface area contributed by atoms with Crippen molar-refractivity contribution < 1.29 is 19.1 Å². The quantitative estimate of drug-likeness (QED) is 0.780. The van der Waals surface area contributed by atoms with Crippen molar-refractivity contribution in [2.75, 3.05) is 26.1 Å². The van der Waals surface area contributed by atoms with Crippen LogP contribution in [0, 0.1) is 6.92 Å². The van der Waals surface area contributed by atoms with Crippen LogP contribution in [0.5, 0.6) is 11.5 Å². The van der Waals surface area contributed by atoms with E-state index in [4.69, 9.17) is 32.7 Å². The van der Waals surface area contributed by atoms with E-state index >= 15 is 0 Å². The van der Waals surface area contributed by atoms with Crippen LogP contribution in [0.3, 0.4) is 0 Å². The topological polar surface area (TPSA) is 76.7 Å². The number of hydrogen-bond donors (Lipinski definition) is 2. The summed E-state index contributed by atoms with van der Waals surface area (Å²) in [7, 11) is 3.04. The van der Waals surface area contributed by atoms with Gasteiger partial charge in [0.1, 0.15) is 0 Å². The molecule has 2 rings (SSSR count). The smallest absolute Gasteiger partial charge is 0.253 e. The summed E-state index contributed by atoms with van der Waals surface area (Å²) in [5.74, 6) is 0.198. The first-order valence-corrected chi connectivity index (χ1v) is 8.37. The second-order valence-corrected chi connectivity index (χ2v) is 6.22. The Kier molecular flexibility index (Phi) is 6.71. The average molecular weight is 397 g/mol. The Hall–Kier alpha value is -2.44. The number of hydrogen-bond acceptors (Lipinski definition) is 4. The zero-order valence-corrected chi connectivity index (χ0v) is 16.0. The fourth-order valence-electron chi connectivity index (χ4n) is 2.24. The molecule has 2 aromatic carbocycles. The van der Waals surface area contributed by atoms with Crippen LogP contribution in [0.25, 0.3) is 0 Å². The first kappa shape index (κ1) is 19.9. The molecule has 26 heavy (non-hydrogen) atoms. The van der Waals surface area contributed by atoms with Crippen molar-refractivity contribution in [1.82, 2.24) is 5.32 Å². The van der Waals surface area contributed by atoms with E-state index in [0.717, 1.165) is 5.56 Å². The number of methoxy groups -OCH3 is 2. The van der Waals surface area contributed by atoms with Crippen molar-refractivity contribution in [2.24, 2.45) is 0 Å². The van der Waals surface area contributed by atoms with E-state index in [-0.39, 0.29) is 17.1 Å². The molecule has 0 aliphatic rings. The molecular weight excluding hydrogens is 379 g/mol. The van der Waals surface area contributed by atoms with Crippen LogP contribution in [0.15, 0.2) is 30.3 Å². The number of amides is 2. The highest BCUT2D eigenvalue weighted by atomic mass is 35.5. The van der Waals surface area contributed by atoms with Crippen molar-refractivity contribution in [3.8, 4) is 11.5 Å². The van der Waals surface area contributed by atoms with Gasteiger partial charge in [0.05, 0.1) is 31.4 Å². The van der Waals surface area contributed by atoms with E-state index < -0.39 is 11.8 Å². The molecule has 0 fully saturated rings. The summed E-state index contributed by atoms with van der Waals surface area (Å²) in [5.41, 5.74) is 1.60. The minimum atomic E-state index is -0.467. The normalized spacial score (nSPS) is 10.2. The number of anilines is 1. The Morgan fingerprint density at radius 2 is 1.69 bits per heavy atom. The number of benzene rings is 2. The van der Waals surface area contributed by atoms with Crippen LogP contribution >= 0.6 is 23.2 Å². The first-order valence-electron chi connectivity index (χ1n) is 7.61. The highest BCUT2D eigenvalue weighted by Gasteiger charge is 2.14. The molecule has 0 heterocycles. The van der Waals surface area contributed by atoms with E-state index in [9.17, 15) is 9.59 Å². The molecule has 6 nitrogen and oxygen atoms in total. The Labute approximate surface area is 161 Å². The highest BCUT2D eigenvalue weighted by Crippen LogP contribution is 2.32. The minimum Gasteiger partial charge on any atom is -0.493 e. The minimum absolute atomic E-state index is 0.214. The lowest BCUT2D eigenvalue weighted by molar-refractivity contribution is -0.115. The molecular formula is C18H18Cl2N2O4. The van der Waals surface area contributed by atoms with Crippen molar-refractivity contribution in [3.63, 3.8) is 0 Å². The maximum atomic E-state index is 12.1. The molecule has 0 bridgehead atoms.